The summed E-state index contributed by atoms with van der Waals surface area (Å²) in [5.41, 5.74) is 0. The Morgan fingerprint density at radius 1 is 0.386 bits per heavy atom. The molecule has 6 heteroatoms. The molecule has 0 aromatic carbocycles. The van der Waals surface area contributed by atoms with Crippen molar-refractivity contribution in [2.75, 3.05) is 13.2 Å². The number of carbonyl (C=O) groups is 2. The smallest absolute Gasteiger partial charge is 0.305 e. The Bertz CT molecular complexity index is 1090. The summed E-state index contributed by atoms with van der Waals surface area (Å²) in [7, 11) is 0. The van der Waals surface area contributed by atoms with Crippen molar-refractivity contribution in [3.8, 4) is 0 Å². The lowest BCUT2D eigenvalue weighted by atomic mass is 10.0. The minimum Gasteiger partial charge on any atom is -0.466 e. The van der Waals surface area contributed by atoms with Crippen LogP contribution < -0.4 is 5.32 Å². The van der Waals surface area contributed by atoms with Gasteiger partial charge in [0.05, 0.1) is 25.4 Å². The largest absolute Gasteiger partial charge is 0.466 e. The molecule has 0 aromatic heterocycles. The number of rotatable bonds is 59. The number of nitrogens with one attached hydrogen (secondary N) is 1. The molecule has 0 spiro atoms. The molecular weight excluding hydrogens is 863 g/mol. The van der Waals surface area contributed by atoms with E-state index >= 15 is 0 Å². The summed E-state index contributed by atoms with van der Waals surface area (Å²) in [6, 6.07) is -0.624. The molecule has 0 fully saturated rings. The van der Waals surface area contributed by atoms with Gasteiger partial charge >= 0.3 is 5.97 Å². The van der Waals surface area contributed by atoms with E-state index in [1.165, 1.54) is 276 Å². The molecule has 0 aliphatic carbocycles. The fraction of sp³-hybridized carbons (Fsp3) is 0.906. The third kappa shape index (κ3) is 55.7. The monoisotopic (exact) mass is 986 g/mol. The van der Waals surface area contributed by atoms with Crippen LogP contribution >= 0.6 is 0 Å². The van der Waals surface area contributed by atoms with Crippen molar-refractivity contribution in [2.24, 2.45) is 0 Å². The van der Waals surface area contributed by atoms with Crippen LogP contribution in [0.5, 0.6) is 0 Å². The number of amides is 1. The van der Waals surface area contributed by atoms with Gasteiger partial charge in [0.15, 0.2) is 0 Å². The molecule has 0 bridgehead atoms. The highest BCUT2D eigenvalue weighted by Gasteiger charge is 2.18. The molecule has 3 N–H and O–H groups in total. The lowest BCUT2D eigenvalue weighted by Crippen LogP contribution is -2.45. The second-order valence-electron chi connectivity index (χ2n) is 21.7. The number of hydrogen-bond donors (Lipinski definition) is 3. The van der Waals surface area contributed by atoms with Gasteiger partial charge in [-0.05, 0) is 57.8 Å². The lowest BCUT2D eigenvalue weighted by molar-refractivity contribution is -0.143. The molecule has 0 saturated carbocycles. The van der Waals surface area contributed by atoms with E-state index in [1.54, 1.807) is 6.08 Å². The summed E-state index contributed by atoms with van der Waals surface area (Å²) in [4.78, 5) is 24.5. The summed E-state index contributed by atoms with van der Waals surface area (Å²) < 4.78 is 5.48. The average Bonchev–Trinajstić information content (AvgIpc) is 3.36. The first-order valence-electron chi connectivity index (χ1n) is 31.6. The molecule has 0 aromatic rings. The quantitative estimate of drug-likeness (QED) is 0.0321. The Morgan fingerprint density at radius 3 is 1.03 bits per heavy atom. The van der Waals surface area contributed by atoms with Gasteiger partial charge in [0, 0.05) is 12.8 Å². The van der Waals surface area contributed by atoms with Gasteiger partial charge in [-0.2, -0.15) is 0 Å². The molecular formula is C64H123NO5. The molecule has 0 aliphatic rings. The molecule has 0 saturated heterocycles. The van der Waals surface area contributed by atoms with Crippen LogP contribution in [-0.2, 0) is 14.3 Å². The minimum absolute atomic E-state index is 0.00859. The number of allylic oxidation sites excluding steroid dienone is 3. The van der Waals surface area contributed by atoms with Gasteiger partial charge in [-0.1, -0.05) is 301 Å². The van der Waals surface area contributed by atoms with Crippen LogP contribution in [0.1, 0.15) is 348 Å². The highest BCUT2D eigenvalue weighted by Crippen LogP contribution is 2.18. The van der Waals surface area contributed by atoms with E-state index in [-0.39, 0.29) is 18.5 Å². The topological polar surface area (TPSA) is 95.9 Å². The second-order valence-corrected chi connectivity index (χ2v) is 21.7. The summed E-state index contributed by atoms with van der Waals surface area (Å²) in [5.74, 6) is -0.0557. The second kappa shape index (κ2) is 59.9. The van der Waals surface area contributed by atoms with Crippen LogP contribution in [0.15, 0.2) is 24.3 Å². The highest BCUT2D eigenvalue weighted by molar-refractivity contribution is 5.76. The molecule has 1 amide bonds. The molecule has 414 valence electrons. The van der Waals surface area contributed by atoms with Crippen LogP contribution in [-0.4, -0.2) is 47.4 Å². The molecule has 0 rings (SSSR count). The Kier molecular flexibility index (Phi) is 58.5. The van der Waals surface area contributed by atoms with E-state index in [0.717, 1.165) is 44.9 Å². The van der Waals surface area contributed by atoms with Gasteiger partial charge in [0.2, 0.25) is 5.91 Å². The molecule has 0 radical (unpaired) electrons. The molecule has 2 atom stereocenters. The maximum Gasteiger partial charge on any atom is 0.305 e. The van der Waals surface area contributed by atoms with E-state index in [1.807, 2.05) is 6.08 Å². The van der Waals surface area contributed by atoms with Crippen molar-refractivity contribution >= 4 is 11.9 Å². The van der Waals surface area contributed by atoms with E-state index in [0.29, 0.717) is 19.4 Å². The van der Waals surface area contributed by atoms with Crippen molar-refractivity contribution in [1.29, 1.82) is 0 Å². The van der Waals surface area contributed by atoms with Crippen molar-refractivity contribution in [2.45, 2.75) is 360 Å². The predicted octanol–water partition coefficient (Wildman–Crippen LogP) is 19.8. The molecule has 6 nitrogen and oxygen atoms in total. The number of hydrogen-bond acceptors (Lipinski definition) is 5. The predicted molar refractivity (Wildman–Crippen MR) is 306 cm³/mol. The summed E-state index contributed by atoms with van der Waals surface area (Å²) in [6.45, 7) is 4.90. The fourth-order valence-corrected chi connectivity index (χ4v) is 9.87. The summed E-state index contributed by atoms with van der Waals surface area (Å²) in [6.07, 6.45) is 73.7. The number of aliphatic hydroxyl groups is 2. The van der Waals surface area contributed by atoms with Crippen LogP contribution in [0.25, 0.3) is 0 Å². The Labute approximate surface area is 437 Å². The average molecular weight is 987 g/mol. The van der Waals surface area contributed by atoms with E-state index in [9.17, 15) is 19.8 Å². The number of aliphatic hydroxyl groups excluding tert-OH is 2. The molecule has 0 aliphatic heterocycles. The standard InChI is InChI=1S/C64H123NO5/c1-3-5-7-9-11-13-15-32-36-40-44-48-52-56-62(67)61(60-66)65-63(68)57-53-49-45-41-37-34-30-28-26-24-22-20-18-17-19-21-23-25-27-29-31-35-39-43-47-51-55-59-70-64(69)58-54-50-46-42-38-33-16-14-12-10-8-6-4-2/h14,16,52,56,61-62,66-67H,3-13,15,17-51,53-55,57-60H2,1-2H3,(H,65,68)/b16-14-,56-52+. The van der Waals surface area contributed by atoms with Crippen molar-refractivity contribution in [1.82, 2.24) is 5.32 Å². The van der Waals surface area contributed by atoms with Crippen LogP contribution in [0.3, 0.4) is 0 Å². The van der Waals surface area contributed by atoms with E-state index < -0.39 is 12.1 Å². The van der Waals surface area contributed by atoms with Gasteiger partial charge in [0.25, 0.3) is 0 Å². The van der Waals surface area contributed by atoms with E-state index in [4.69, 9.17) is 4.74 Å². The SMILES string of the molecule is CCCCCC/C=C\CCCCCCCC(=O)OCCCCCCCCCCCCCCCCCCCCCCCCCCCCCC(=O)NC(CO)C(O)/C=C/CCCCCCCCCCCCC. The third-order valence-corrected chi connectivity index (χ3v) is 14.7. The normalized spacial score (nSPS) is 12.7. The van der Waals surface area contributed by atoms with Gasteiger partial charge < -0.3 is 20.3 Å². The fourth-order valence-electron chi connectivity index (χ4n) is 9.87. The van der Waals surface area contributed by atoms with Crippen molar-refractivity contribution in [3.05, 3.63) is 24.3 Å². The summed E-state index contributed by atoms with van der Waals surface area (Å²) >= 11 is 0. The van der Waals surface area contributed by atoms with Crippen molar-refractivity contribution < 1.29 is 24.5 Å². The Balaban J connectivity index is 3.35. The van der Waals surface area contributed by atoms with Gasteiger partial charge in [-0.15, -0.1) is 0 Å². The molecule has 70 heavy (non-hydrogen) atoms. The van der Waals surface area contributed by atoms with Crippen LogP contribution in [0.4, 0.5) is 0 Å². The molecule has 2 unspecified atom stereocenters. The zero-order valence-electron chi connectivity index (χ0n) is 47.3. The number of unbranched alkanes of at least 4 members (excludes halogenated alkanes) is 46. The maximum atomic E-state index is 12.4. The van der Waals surface area contributed by atoms with E-state index in [2.05, 4.69) is 31.3 Å². The van der Waals surface area contributed by atoms with Gasteiger partial charge in [-0.25, -0.2) is 0 Å². The lowest BCUT2D eigenvalue weighted by Gasteiger charge is -2.20. The number of carbonyl (C=O) groups excluding carboxylic acids is 2. The van der Waals surface area contributed by atoms with Gasteiger partial charge in [0.1, 0.15) is 0 Å². The van der Waals surface area contributed by atoms with Crippen molar-refractivity contribution in [3.63, 3.8) is 0 Å². The number of ether oxygens (including phenoxy) is 1. The minimum atomic E-state index is -0.841. The zero-order chi connectivity index (χ0) is 50.7. The number of esters is 1. The maximum absolute atomic E-state index is 12.4. The summed E-state index contributed by atoms with van der Waals surface area (Å²) in [5, 5.41) is 23.1. The highest BCUT2D eigenvalue weighted by atomic mass is 16.5. The van der Waals surface area contributed by atoms with Crippen LogP contribution in [0.2, 0.25) is 0 Å². The Hall–Kier alpha value is -1.66. The third-order valence-electron chi connectivity index (χ3n) is 14.7. The first-order valence-corrected chi connectivity index (χ1v) is 31.6. The van der Waals surface area contributed by atoms with Gasteiger partial charge in [-0.3, -0.25) is 9.59 Å². The molecule has 0 heterocycles. The first kappa shape index (κ1) is 68.3. The Morgan fingerprint density at radius 2 is 0.671 bits per heavy atom. The first-order chi connectivity index (χ1) is 34.5. The zero-order valence-corrected chi connectivity index (χ0v) is 47.3. The van der Waals surface area contributed by atoms with Crippen LogP contribution in [0, 0.1) is 0 Å².